The van der Waals surface area contributed by atoms with E-state index in [-0.39, 0.29) is 17.6 Å². The Labute approximate surface area is 165 Å². The Hall–Kier alpha value is -2.25. The largest absolute Gasteiger partial charge is 0.465 e. The molecule has 7 nitrogen and oxygen atoms in total. The van der Waals surface area contributed by atoms with Gasteiger partial charge in [0.05, 0.1) is 26.4 Å². The van der Waals surface area contributed by atoms with Crippen molar-refractivity contribution in [2.24, 2.45) is 5.92 Å². The SMILES string of the molecule is COC(=O)[C@]1(C)OC[C@H](CCCCC(NC(=O)c2ccccc2)C(C)=O)CO1. The monoisotopic (exact) mass is 391 g/mol. The Morgan fingerprint density at radius 3 is 2.39 bits per heavy atom. The van der Waals surface area contributed by atoms with Crippen molar-refractivity contribution in [1.29, 1.82) is 0 Å². The molecule has 0 radical (unpaired) electrons. The molecule has 2 rings (SSSR count). The van der Waals surface area contributed by atoms with E-state index in [4.69, 9.17) is 9.47 Å². The lowest BCUT2D eigenvalue weighted by Gasteiger charge is -2.35. The van der Waals surface area contributed by atoms with Crippen LogP contribution in [-0.4, -0.2) is 49.8 Å². The van der Waals surface area contributed by atoms with Gasteiger partial charge in [-0.3, -0.25) is 9.59 Å². The molecular formula is C21H29NO6. The Morgan fingerprint density at radius 2 is 1.82 bits per heavy atom. The summed E-state index contributed by atoms with van der Waals surface area (Å²) in [6.07, 6.45) is 3.11. The summed E-state index contributed by atoms with van der Waals surface area (Å²) in [6, 6.07) is 8.37. The minimum Gasteiger partial charge on any atom is -0.465 e. The maximum atomic E-state index is 12.2. The lowest BCUT2D eigenvalue weighted by Crippen LogP contribution is -2.48. The number of hydrogen-bond acceptors (Lipinski definition) is 6. The van der Waals surface area contributed by atoms with E-state index in [0.717, 1.165) is 19.3 Å². The molecule has 0 saturated carbocycles. The van der Waals surface area contributed by atoms with Crippen LogP contribution in [0.2, 0.25) is 0 Å². The first-order chi connectivity index (χ1) is 13.4. The molecule has 28 heavy (non-hydrogen) atoms. The first kappa shape index (κ1) is 22.0. The molecule has 1 aromatic carbocycles. The Morgan fingerprint density at radius 1 is 1.18 bits per heavy atom. The lowest BCUT2D eigenvalue weighted by atomic mass is 9.98. The number of Topliss-reactive ketones (excluding diaryl/α,β-unsaturated/α-hetero) is 1. The van der Waals surface area contributed by atoms with Gasteiger partial charge in [-0.2, -0.15) is 0 Å². The zero-order valence-electron chi connectivity index (χ0n) is 16.7. The van der Waals surface area contributed by atoms with Gasteiger partial charge in [0, 0.05) is 18.4 Å². The van der Waals surface area contributed by atoms with Crippen LogP contribution in [0.5, 0.6) is 0 Å². The zero-order valence-corrected chi connectivity index (χ0v) is 16.7. The van der Waals surface area contributed by atoms with Gasteiger partial charge in [0.2, 0.25) is 0 Å². The van der Waals surface area contributed by atoms with E-state index >= 15 is 0 Å². The molecule has 1 aliphatic heterocycles. The van der Waals surface area contributed by atoms with Crippen molar-refractivity contribution in [2.75, 3.05) is 20.3 Å². The van der Waals surface area contributed by atoms with E-state index in [1.165, 1.54) is 14.0 Å². The molecule has 1 atom stereocenters. The van der Waals surface area contributed by atoms with Crippen molar-refractivity contribution in [3.63, 3.8) is 0 Å². The van der Waals surface area contributed by atoms with Crippen LogP contribution in [0.25, 0.3) is 0 Å². The molecule has 1 amide bonds. The van der Waals surface area contributed by atoms with Gasteiger partial charge in [0.1, 0.15) is 0 Å². The molecular weight excluding hydrogens is 362 g/mol. The van der Waals surface area contributed by atoms with Gasteiger partial charge in [-0.15, -0.1) is 0 Å². The highest BCUT2D eigenvalue weighted by Gasteiger charge is 2.41. The fourth-order valence-electron chi connectivity index (χ4n) is 3.10. The molecule has 0 aliphatic carbocycles. The molecule has 0 aromatic heterocycles. The lowest BCUT2D eigenvalue weighted by molar-refractivity contribution is -0.272. The molecule has 0 spiro atoms. The van der Waals surface area contributed by atoms with Crippen LogP contribution in [0.15, 0.2) is 30.3 Å². The number of amides is 1. The molecule has 7 heteroatoms. The third kappa shape index (κ3) is 6.14. The quantitative estimate of drug-likeness (QED) is 0.514. The molecule has 1 N–H and O–H groups in total. The molecule has 1 unspecified atom stereocenters. The van der Waals surface area contributed by atoms with Crippen LogP contribution in [0.3, 0.4) is 0 Å². The van der Waals surface area contributed by atoms with Gasteiger partial charge in [0.25, 0.3) is 11.7 Å². The standard InChI is InChI=1S/C21H29NO6/c1-15(23)18(22-19(24)17-10-5-4-6-11-17)12-8-7-9-16-13-27-21(2,28-14-16)20(25)26-3/h4-6,10-11,16,18H,7-9,12-14H2,1-3H3,(H,22,24)/t16-,18?,21+. The Kier molecular flexibility index (Phi) is 8.14. The summed E-state index contributed by atoms with van der Waals surface area (Å²) < 4.78 is 15.8. The summed E-state index contributed by atoms with van der Waals surface area (Å²) in [5.41, 5.74) is 0.541. The fourth-order valence-corrected chi connectivity index (χ4v) is 3.10. The zero-order chi connectivity index (χ0) is 20.6. The van der Waals surface area contributed by atoms with E-state index in [1.807, 2.05) is 6.07 Å². The number of unbranched alkanes of at least 4 members (excludes halogenated alkanes) is 1. The highest BCUT2D eigenvalue weighted by atomic mass is 16.7. The summed E-state index contributed by atoms with van der Waals surface area (Å²) in [4.78, 5) is 35.8. The highest BCUT2D eigenvalue weighted by molar-refractivity contribution is 5.97. The predicted octanol–water partition coefficient (Wildman–Crippen LogP) is 2.49. The summed E-state index contributed by atoms with van der Waals surface area (Å²) in [5, 5.41) is 2.81. The number of hydrogen-bond donors (Lipinski definition) is 1. The van der Waals surface area contributed by atoms with Gasteiger partial charge >= 0.3 is 5.97 Å². The number of benzene rings is 1. The van der Waals surface area contributed by atoms with Crippen molar-refractivity contribution >= 4 is 17.7 Å². The van der Waals surface area contributed by atoms with Crippen molar-refractivity contribution < 1.29 is 28.6 Å². The topological polar surface area (TPSA) is 90.9 Å². The van der Waals surface area contributed by atoms with E-state index in [1.54, 1.807) is 31.2 Å². The molecule has 154 valence electrons. The van der Waals surface area contributed by atoms with Crippen molar-refractivity contribution in [3.8, 4) is 0 Å². The average molecular weight is 391 g/mol. The highest BCUT2D eigenvalue weighted by Crippen LogP contribution is 2.25. The van der Waals surface area contributed by atoms with Crippen molar-refractivity contribution in [1.82, 2.24) is 5.32 Å². The predicted molar refractivity (Wildman–Crippen MR) is 103 cm³/mol. The number of rotatable bonds is 9. The van der Waals surface area contributed by atoms with Crippen molar-refractivity contribution in [3.05, 3.63) is 35.9 Å². The number of methoxy groups -OCH3 is 1. The molecule has 1 saturated heterocycles. The summed E-state index contributed by atoms with van der Waals surface area (Å²) in [5.74, 6) is -1.97. The smallest absolute Gasteiger partial charge is 0.366 e. The van der Waals surface area contributed by atoms with Crippen LogP contribution in [0.4, 0.5) is 0 Å². The maximum Gasteiger partial charge on any atom is 0.366 e. The van der Waals surface area contributed by atoms with Crippen LogP contribution in [0.1, 0.15) is 49.9 Å². The fraction of sp³-hybridized carbons (Fsp3) is 0.571. The number of carbonyl (C=O) groups excluding carboxylic acids is 3. The Balaban J connectivity index is 1.72. The van der Waals surface area contributed by atoms with Crippen LogP contribution >= 0.6 is 0 Å². The van der Waals surface area contributed by atoms with Crippen LogP contribution < -0.4 is 5.32 Å². The van der Waals surface area contributed by atoms with E-state index in [0.29, 0.717) is 25.2 Å². The summed E-state index contributed by atoms with van der Waals surface area (Å²) >= 11 is 0. The normalized spacial score (nSPS) is 22.9. The first-order valence-electron chi connectivity index (χ1n) is 9.58. The molecule has 1 aliphatic rings. The van der Waals surface area contributed by atoms with Gasteiger partial charge in [-0.1, -0.05) is 31.0 Å². The molecule has 1 heterocycles. The number of nitrogens with one attached hydrogen (secondary N) is 1. The second-order valence-electron chi connectivity index (χ2n) is 7.21. The number of ether oxygens (including phenoxy) is 3. The molecule has 1 aromatic rings. The minimum absolute atomic E-state index is 0.0533. The van der Waals surface area contributed by atoms with E-state index < -0.39 is 17.8 Å². The molecule has 1 fully saturated rings. The number of ketones is 1. The van der Waals surface area contributed by atoms with E-state index in [2.05, 4.69) is 10.1 Å². The first-order valence-corrected chi connectivity index (χ1v) is 9.58. The third-order valence-electron chi connectivity index (χ3n) is 4.93. The van der Waals surface area contributed by atoms with Crippen molar-refractivity contribution in [2.45, 2.75) is 51.4 Å². The van der Waals surface area contributed by atoms with E-state index in [9.17, 15) is 14.4 Å². The maximum absolute atomic E-state index is 12.2. The summed E-state index contributed by atoms with van der Waals surface area (Å²) in [7, 11) is 1.30. The molecule has 0 bridgehead atoms. The van der Waals surface area contributed by atoms with Gasteiger partial charge in [-0.05, 0) is 31.9 Å². The second kappa shape index (κ2) is 10.3. The van der Waals surface area contributed by atoms with Crippen LogP contribution in [0, 0.1) is 5.92 Å². The van der Waals surface area contributed by atoms with Crippen LogP contribution in [-0.2, 0) is 23.8 Å². The second-order valence-corrected chi connectivity index (χ2v) is 7.21. The average Bonchev–Trinajstić information content (AvgIpc) is 2.71. The third-order valence-corrected chi connectivity index (χ3v) is 4.93. The van der Waals surface area contributed by atoms with Gasteiger partial charge < -0.3 is 19.5 Å². The van der Waals surface area contributed by atoms with Gasteiger partial charge in [-0.25, -0.2) is 4.79 Å². The number of esters is 1. The minimum atomic E-state index is -1.33. The summed E-state index contributed by atoms with van der Waals surface area (Å²) in [6.45, 7) is 3.90. The van der Waals surface area contributed by atoms with Gasteiger partial charge in [0.15, 0.2) is 5.78 Å². The number of carbonyl (C=O) groups is 3. The Bertz CT molecular complexity index is 667.